The van der Waals surface area contributed by atoms with Crippen LogP contribution in [0.15, 0.2) is 23.7 Å². The third-order valence-electron chi connectivity index (χ3n) is 3.23. The molecule has 2 amide bonds. The number of anilines is 1. The third-order valence-corrected chi connectivity index (χ3v) is 4.16. The highest BCUT2D eigenvalue weighted by Gasteiger charge is 2.26. The van der Waals surface area contributed by atoms with Crippen molar-refractivity contribution in [1.82, 2.24) is 15.5 Å². The van der Waals surface area contributed by atoms with E-state index < -0.39 is 22.8 Å². The summed E-state index contributed by atoms with van der Waals surface area (Å²) in [6.45, 7) is 3.52. The quantitative estimate of drug-likeness (QED) is 0.582. The molecule has 1 heterocycles. The van der Waals surface area contributed by atoms with Crippen molar-refractivity contribution in [2.75, 3.05) is 5.32 Å². The number of aromatic nitrogens is 2. The van der Waals surface area contributed by atoms with Crippen LogP contribution in [0.4, 0.5) is 10.8 Å². The lowest BCUT2D eigenvalue weighted by Crippen LogP contribution is -2.47. The van der Waals surface area contributed by atoms with Crippen molar-refractivity contribution < 1.29 is 14.5 Å². The maximum absolute atomic E-state index is 12.4. The Bertz CT molecular complexity index is 797. The number of carbonyl (C=O) groups is 2. The first-order chi connectivity index (χ1) is 11.8. The monoisotopic (exact) mass is 383 g/mol. The number of hydrogen-bond acceptors (Lipinski definition) is 7. The zero-order valence-electron chi connectivity index (χ0n) is 13.2. The largest absolute Gasteiger partial charge is 0.340 e. The van der Waals surface area contributed by atoms with Crippen LogP contribution in [0.5, 0.6) is 0 Å². The van der Waals surface area contributed by atoms with Crippen LogP contribution in [-0.4, -0.2) is 33.0 Å². The summed E-state index contributed by atoms with van der Waals surface area (Å²) < 4.78 is 0. The van der Waals surface area contributed by atoms with Crippen LogP contribution in [0.2, 0.25) is 5.02 Å². The minimum Gasteiger partial charge on any atom is -0.340 e. The van der Waals surface area contributed by atoms with Crippen LogP contribution in [0.3, 0.4) is 0 Å². The van der Waals surface area contributed by atoms with Crippen molar-refractivity contribution in [2.45, 2.75) is 19.9 Å². The molecule has 0 saturated heterocycles. The van der Waals surface area contributed by atoms with E-state index in [4.69, 9.17) is 11.6 Å². The lowest BCUT2D eigenvalue weighted by Gasteiger charge is -2.21. The van der Waals surface area contributed by atoms with E-state index in [1.165, 1.54) is 17.6 Å². The lowest BCUT2D eigenvalue weighted by atomic mass is 10.0. The Labute approximate surface area is 151 Å². The molecule has 11 heteroatoms. The molecule has 2 N–H and O–H groups in total. The number of nitro benzene ring substituents is 1. The summed E-state index contributed by atoms with van der Waals surface area (Å²) in [5, 5.41) is 23.6. The molecular formula is C14H14ClN5O4S. The van der Waals surface area contributed by atoms with E-state index in [-0.39, 0.29) is 22.2 Å². The van der Waals surface area contributed by atoms with Crippen LogP contribution < -0.4 is 10.6 Å². The van der Waals surface area contributed by atoms with Crippen molar-refractivity contribution in [3.63, 3.8) is 0 Å². The van der Waals surface area contributed by atoms with Crippen molar-refractivity contribution in [3.05, 3.63) is 44.4 Å². The Morgan fingerprint density at radius 3 is 2.64 bits per heavy atom. The maximum Gasteiger partial charge on any atom is 0.288 e. The Kier molecular flexibility index (Phi) is 5.99. The van der Waals surface area contributed by atoms with Crippen molar-refractivity contribution in [2.24, 2.45) is 5.92 Å². The highest BCUT2D eigenvalue weighted by molar-refractivity contribution is 7.13. The number of hydrogen-bond donors (Lipinski definition) is 2. The smallest absolute Gasteiger partial charge is 0.288 e. The molecule has 0 aliphatic rings. The Morgan fingerprint density at radius 1 is 1.36 bits per heavy atom. The van der Waals surface area contributed by atoms with Crippen LogP contribution in [0.25, 0.3) is 0 Å². The summed E-state index contributed by atoms with van der Waals surface area (Å²) in [7, 11) is 0. The van der Waals surface area contributed by atoms with Crippen LogP contribution in [0.1, 0.15) is 24.2 Å². The van der Waals surface area contributed by atoms with E-state index in [9.17, 15) is 19.7 Å². The van der Waals surface area contributed by atoms with Gasteiger partial charge in [0.1, 0.15) is 16.6 Å². The molecule has 0 saturated carbocycles. The molecule has 2 aromatic rings. The molecule has 25 heavy (non-hydrogen) atoms. The molecule has 2 rings (SSSR count). The van der Waals surface area contributed by atoms with Gasteiger partial charge in [-0.1, -0.05) is 36.8 Å². The fourth-order valence-corrected chi connectivity index (χ4v) is 2.60. The second-order valence-electron chi connectivity index (χ2n) is 5.35. The fraction of sp³-hybridized carbons (Fsp3) is 0.286. The van der Waals surface area contributed by atoms with Crippen molar-refractivity contribution >= 4 is 45.6 Å². The highest BCUT2D eigenvalue weighted by Crippen LogP contribution is 2.25. The van der Waals surface area contributed by atoms with Crippen LogP contribution in [-0.2, 0) is 4.79 Å². The van der Waals surface area contributed by atoms with Gasteiger partial charge in [-0.05, 0) is 18.1 Å². The van der Waals surface area contributed by atoms with Gasteiger partial charge in [-0.15, -0.1) is 10.2 Å². The van der Waals surface area contributed by atoms with E-state index in [0.717, 1.165) is 17.4 Å². The van der Waals surface area contributed by atoms with Gasteiger partial charge in [0, 0.05) is 11.6 Å². The molecule has 0 spiro atoms. The second kappa shape index (κ2) is 7.99. The van der Waals surface area contributed by atoms with Crippen LogP contribution >= 0.6 is 22.9 Å². The normalized spacial score (nSPS) is 11.8. The van der Waals surface area contributed by atoms with E-state index in [1.807, 2.05) is 0 Å². The summed E-state index contributed by atoms with van der Waals surface area (Å²) in [6.07, 6.45) is 0. The van der Waals surface area contributed by atoms with Gasteiger partial charge < -0.3 is 5.32 Å². The van der Waals surface area contributed by atoms with Crippen LogP contribution in [0, 0.1) is 16.0 Å². The SMILES string of the molecule is CC(C)[C@H](NC(=O)c1ccc(Cl)c([N+](=O)[O-])c1)C(=O)Nc1nncs1. The standard InChI is InChI=1S/C14H14ClN5O4S/c1-7(2)11(13(22)18-14-19-16-6-25-14)17-12(21)8-3-4-9(15)10(5-8)20(23)24/h3-7,11H,1-2H3,(H,17,21)(H,18,19,22)/t11-/m0/s1. The molecule has 0 unspecified atom stereocenters. The number of rotatable bonds is 6. The molecule has 0 aliphatic carbocycles. The average Bonchev–Trinajstić information content (AvgIpc) is 3.04. The number of halogens is 1. The molecule has 1 aromatic carbocycles. The predicted molar refractivity (Wildman–Crippen MR) is 92.7 cm³/mol. The molecule has 1 atom stereocenters. The summed E-state index contributed by atoms with van der Waals surface area (Å²) in [5.74, 6) is -1.30. The molecule has 0 radical (unpaired) electrons. The minimum absolute atomic E-state index is 0.0328. The van der Waals surface area contributed by atoms with E-state index >= 15 is 0 Å². The molecule has 9 nitrogen and oxygen atoms in total. The Balaban J connectivity index is 2.16. The van der Waals surface area contributed by atoms with Gasteiger partial charge >= 0.3 is 0 Å². The number of nitrogens with zero attached hydrogens (tertiary/aromatic N) is 3. The number of benzene rings is 1. The fourth-order valence-electron chi connectivity index (χ4n) is 1.96. The Morgan fingerprint density at radius 2 is 2.08 bits per heavy atom. The summed E-state index contributed by atoms with van der Waals surface area (Å²) in [6, 6.07) is 2.83. The molecular weight excluding hydrogens is 370 g/mol. The second-order valence-corrected chi connectivity index (χ2v) is 6.59. The number of nitrogens with one attached hydrogen (secondary N) is 2. The van der Waals surface area contributed by atoms with E-state index in [2.05, 4.69) is 20.8 Å². The molecule has 0 fully saturated rings. The lowest BCUT2D eigenvalue weighted by molar-refractivity contribution is -0.384. The maximum atomic E-state index is 12.4. The van der Waals surface area contributed by atoms with Gasteiger partial charge in [-0.3, -0.25) is 25.0 Å². The summed E-state index contributed by atoms with van der Waals surface area (Å²) in [5.41, 5.74) is 1.12. The first-order valence-electron chi connectivity index (χ1n) is 7.11. The van der Waals surface area contributed by atoms with Gasteiger partial charge in [-0.2, -0.15) is 0 Å². The van der Waals surface area contributed by atoms with Gasteiger partial charge in [0.05, 0.1) is 4.92 Å². The molecule has 0 bridgehead atoms. The molecule has 1 aromatic heterocycles. The van der Waals surface area contributed by atoms with Gasteiger partial charge in [0.15, 0.2) is 0 Å². The van der Waals surface area contributed by atoms with E-state index in [0.29, 0.717) is 5.13 Å². The first-order valence-corrected chi connectivity index (χ1v) is 8.37. The number of carbonyl (C=O) groups excluding carboxylic acids is 2. The van der Waals surface area contributed by atoms with Gasteiger partial charge in [0.25, 0.3) is 11.6 Å². The van der Waals surface area contributed by atoms with Crippen molar-refractivity contribution in [3.8, 4) is 0 Å². The third kappa shape index (κ3) is 4.70. The topological polar surface area (TPSA) is 127 Å². The number of amides is 2. The van der Waals surface area contributed by atoms with Crippen molar-refractivity contribution in [1.29, 1.82) is 0 Å². The zero-order valence-corrected chi connectivity index (χ0v) is 14.8. The average molecular weight is 384 g/mol. The van der Waals surface area contributed by atoms with Gasteiger partial charge in [-0.25, -0.2) is 0 Å². The minimum atomic E-state index is -0.855. The Hall–Kier alpha value is -2.59. The van der Waals surface area contributed by atoms with Gasteiger partial charge in [0.2, 0.25) is 11.0 Å². The predicted octanol–water partition coefficient (Wildman–Crippen LogP) is 2.49. The molecule has 132 valence electrons. The summed E-state index contributed by atoms with van der Waals surface area (Å²) in [4.78, 5) is 34.9. The molecule has 0 aliphatic heterocycles. The highest BCUT2D eigenvalue weighted by atomic mass is 35.5. The number of nitro groups is 1. The summed E-state index contributed by atoms with van der Waals surface area (Å²) >= 11 is 6.88. The van der Waals surface area contributed by atoms with E-state index in [1.54, 1.807) is 13.8 Å². The zero-order chi connectivity index (χ0) is 18.6. The first kappa shape index (κ1) is 18.7.